The molecule has 0 saturated heterocycles. The fraction of sp³-hybridized carbons (Fsp3) is 0.864. The van der Waals surface area contributed by atoms with Gasteiger partial charge in [-0.15, -0.1) is 0 Å². The third-order valence-corrected chi connectivity index (χ3v) is 8.11. The molecule has 2 rings (SSSR count). The van der Waals surface area contributed by atoms with Crippen molar-refractivity contribution in [3.63, 3.8) is 0 Å². The molecule has 2 saturated carbocycles. The second-order valence-corrected chi connectivity index (χ2v) is 14.3. The normalized spacial score (nSPS) is 32.6. The average Bonchev–Trinajstić information content (AvgIpc) is 2.85. The molecule has 2 fully saturated rings. The van der Waals surface area contributed by atoms with Gasteiger partial charge in [-0.3, -0.25) is 4.79 Å². The molecule has 0 bridgehead atoms. The number of fused-ring (bicyclic) bond motifs is 1. The van der Waals surface area contributed by atoms with Crippen molar-refractivity contribution in [3.8, 4) is 0 Å². The summed E-state index contributed by atoms with van der Waals surface area (Å²) in [6, 6.07) is 0. The summed E-state index contributed by atoms with van der Waals surface area (Å²) in [5.41, 5.74) is 0.318. The largest absolute Gasteiger partial charge is 0.410 e. The first-order valence-electron chi connectivity index (χ1n) is 10.5. The first-order chi connectivity index (χ1) is 12.0. The highest BCUT2D eigenvalue weighted by molar-refractivity contribution is 6.69. The number of carbonyl (C=O) groups excluding carboxylic acids is 1. The van der Waals surface area contributed by atoms with Crippen LogP contribution < -0.4 is 0 Å². The maximum Gasteiger partial charge on any atom is 0.184 e. The predicted molar refractivity (Wildman–Crippen MR) is 111 cm³/mol. The van der Waals surface area contributed by atoms with Gasteiger partial charge in [0.15, 0.2) is 8.32 Å². The lowest BCUT2D eigenvalue weighted by Crippen LogP contribution is -2.54. The van der Waals surface area contributed by atoms with Crippen molar-refractivity contribution in [2.24, 2.45) is 11.3 Å². The summed E-state index contributed by atoms with van der Waals surface area (Å²) in [4.78, 5) is 12.6. The van der Waals surface area contributed by atoms with Crippen LogP contribution in [0.3, 0.4) is 0 Å². The number of carbonyl (C=O) groups is 1. The Balaban J connectivity index is 2.31. The van der Waals surface area contributed by atoms with Gasteiger partial charge in [-0.25, -0.2) is 0 Å². The van der Waals surface area contributed by atoms with Crippen LogP contribution >= 0.6 is 0 Å². The van der Waals surface area contributed by atoms with Gasteiger partial charge in [0.05, 0.1) is 17.8 Å². The molecular weight excluding hydrogens is 340 g/mol. The summed E-state index contributed by atoms with van der Waals surface area (Å²) < 4.78 is 13.4. The molecule has 26 heavy (non-hydrogen) atoms. The van der Waals surface area contributed by atoms with Gasteiger partial charge < -0.3 is 9.16 Å². The molecule has 3 unspecified atom stereocenters. The van der Waals surface area contributed by atoms with E-state index >= 15 is 0 Å². The highest BCUT2D eigenvalue weighted by atomic mass is 28.4. The van der Waals surface area contributed by atoms with Gasteiger partial charge in [0.25, 0.3) is 0 Å². The lowest BCUT2D eigenvalue weighted by atomic mass is 9.61. The summed E-state index contributed by atoms with van der Waals surface area (Å²) in [6.45, 7) is 20.4. The van der Waals surface area contributed by atoms with E-state index in [-0.39, 0.29) is 16.9 Å². The third kappa shape index (κ3) is 3.74. The molecule has 150 valence electrons. The molecule has 3 nitrogen and oxygen atoms in total. The van der Waals surface area contributed by atoms with Crippen molar-refractivity contribution >= 4 is 14.1 Å². The van der Waals surface area contributed by atoms with Crippen LogP contribution in [0, 0.1) is 11.3 Å². The number of rotatable bonds is 8. The second-order valence-electron chi connectivity index (χ2n) is 9.83. The zero-order valence-electron chi connectivity index (χ0n) is 18.2. The van der Waals surface area contributed by atoms with E-state index in [4.69, 9.17) is 9.16 Å². The molecule has 2 aliphatic rings. The number of hydrogen-bond donors (Lipinski definition) is 0. The minimum absolute atomic E-state index is 0.124. The number of ether oxygens (including phenoxy) is 1. The Morgan fingerprint density at radius 1 is 1.27 bits per heavy atom. The predicted octanol–water partition coefficient (Wildman–Crippen LogP) is 5.90. The van der Waals surface area contributed by atoms with Gasteiger partial charge in [0.2, 0.25) is 0 Å². The molecule has 0 aliphatic heterocycles. The van der Waals surface area contributed by atoms with E-state index in [1.807, 2.05) is 0 Å². The molecule has 0 heterocycles. The van der Waals surface area contributed by atoms with Crippen LogP contribution in [-0.2, 0) is 14.0 Å². The van der Waals surface area contributed by atoms with Crippen LogP contribution in [0.4, 0.5) is 0 Å². The Hall–Kier alpha value is -0.453. The van der Waals surface area contributed by atoms with Crippen LogP contribution in [0.5, 0.6) is 0 Å². The highest BCUT2D eigenvalue weighted by Gasteiger charge is 2.61. The lowest BCUT2D eigenvalue weighted by Gasteiger charge is -2.50. The van der Waals surface area contributed by atoms with Crippen molar-refractivity contribution in [2.75, 3.05) is 6.61 Å². The van der Waals surface area contributed by atoms with E-state index in [9.17, 15) is 4.79 Å². The quantitative estimate of drug-likeness (QED) is 0.388. The SMILES string of the molecule is C=C(C)C1(OCC(CC)(CC)O[Si](C)(C)C)CCC2C(=O)CCCC21C. The zero-order valence-corrected chi connectivity index (χ0v) is 19.2. The molecule has 3 atom stereocenters. The van der Waals surface area contributed by atoms with Crippen molar-refractivity contribution < 1.29 is 14.0 Å². The molecule has 0 aromatic carbocycles. The number of ketones is 1. The molecule has 4 heteroatoms. The molecule has 0 radical (unpaired) electrons. The Morgan fingerprint density at radius 2 is 1.88 bits per heavy atom. The molecule has 0 aromatic heterocycles. The van der Waals surface area contributed by atoms with Gasteiger partial charge in [0.1, 0.15) is 5.78 Å². The van der Waals surface area contributed by atoms with E-state index in [0.29, 0.717) is 12.4 Å². The third-order valence-electron chi connectivity index (χ3n) is 7.07. The van der Waals surface area contributed by atoms with Crippen LogP contribution in [0.1, 0.15) is 72.6 Å². The maximum absolute atomic E-state index is 12.6. The molecule has 0 amide bonds. The average molecular weight is 381 g/mol. The fourth-order valence-corrected chi connectivity index (χ4v) is 7.17. The number of Topliss-reactive ketones (excluding diaryl/α,β-unsaturated/α-hetero) is 1. The fourth-order valence-electron chi connectivity index (χ4n) is 5.52. The van der Waals surface area contributed by atoms with Crippen molar-refractivity contribution in [1.82, 2.24) is 0 Å². The van der Waals surface area contributed by atoms with Crippen LogP contribution in [-0.4, -0.2) is 31.9 Å². The summed E-state index contributed by atoms with van der Waals surface area (Å²) in [5, 5.41) is 0. The zero-order chi connectivity index (χ0) is 19.8. The van der Waals surface area contributed by atoms with E-state index in [1.54, 1.807) is 0 Å². The second kappa shape index (κ2) is 7.52. The molecule has 2 aliphatic carbocycles. The van der Waals surface area contributed by atoms with Gasteiger partial charge in [-0.1, -0.05) is 27.4 Å². The maximum atomic E-state index is 12.6. The van der Waals surface area contributed by atoms with Gasteiger partial charge >= 0.3 is 0 Å². The Kier molecular flexibility index (Phi) is 6.32. The van der Waals surface area contributed by atoms with E-state index in [0.717, 1.165) is 50.5 Å². The Morgan fingerprint density at radius 3 is 2.38 bits per heavy atom. The van der Waals surface area contributed by atoms with Gasteiger partial charge in [-0.2, -0.15) is 0 Å². The molecule has 0 N–H and O–H groups in total. The number of hydrogen-bond acceptors (Lipinski definition) is 3. The van der Waals surface area contributed by atoms with Crippen molar-refractivity contribution in [2.45, 2.75) is 103 Å². The van der Waals surface area contributed by atoms with Crippen molar-refractivity contribution in [1.29, 1.82) is 0 Å². The first-order valence-corrected chi connectivity index (χ1v) is 13.9. The van der Waals surface area contributed by atoms with E-state index < -0.39 is 13.9 Å². The van der Waals surface area contributed by atoms with E-state index in [1.165, 1.54) is 0 Å². The van der Waals surface area contributed by atoms with Crippen LogP contribution in [0.25, 0.3) is 0 Å². The van der Waals surface area contributed by atoms with Crippen LogP contribution in [0.15, 0.2) is 12.2 Å². The minimum atomic E-state index is -1.68. The summed E-state index contributed by atoms with van der Waals surface area (Å²) >= 11 is 0. The molecular formula is C22H40O3Si. The summed E-state index contributed by atoms with van der Waals surface area (Å²) in [6.07, 6.45) is 6.49. The minimum Gasteiger partial charge on any atom is -0.410 e. The standard InChI is InChI=1S/C22H40O3Si/c1-9-21(10-2,25-26(6,7)8)16-24-22(17(3)4)15-13-18-19(23)12-11-14-20(18,22)5/h18H,3,9-16H2,1-2,4-8H3. The molecule has 0 aromatic rings. The van der Waals surface area contributed by atoms with Crippen molar-refractivity contribution in [3.05, 3.63) is 12.2 Å². The Labute approximate surface area is 162 Å². The topological polar surface area (TPSA) is 35.5 Å². The smallest absolute Gasteiger partial charge is 0.184 e. The Bertz CT molecular complexity index is 546. The van der Waals surface area contributed by atoms with E-state index in [2.05, 4.69) is 53.9 Å². The lowest BCUT2D eigenvalue weighted by molar-refractivity contribution is -0.158. The van der Waals surface area contributed by atoms with Crippen LogP contribution in [0.2, 0.25) is 19.6 Å². The first kappa shape index (κ1) is 21.8. The summed E-state index contributed by atoms with van der Waals surface area (Å²) in [7, 11) is -1.68. The summed E-state index contributed by atoms with van der Waals surface area (Å²) in [5.74, 6) is 0.560. The van der Waals surface area contributed by atoms with Gasteiger partial charge in [-0.05, 0) is 70.7 Å². The molecule has 0 spiro atoms. The van der Waals surface area contributed by atoms with Gasteiger partial charge in [0, 0.05) is 17.8 Å². The highest BCUT2D eigenvalue weighted by Crippen LogP contribution is 2.60. The monoisotopic (exact) mass is 380 g/mol.